The van der Waals surface area contributed by atoms with Gasteiger partial charge in [0, 0.05) is 23.6 Å². The van der Waals surface area contributed by atoms with Gasteiger partial charge in [-0.1, -0.05) is 29.8 Å². The lowest BCUT2D eigenvalue weighted by Crippen LogP contribution is -2.05. The molecule has 0 atom stereocenters. The van der Waals surface area contributed by atoms with E-state index in [1.165, 1.54) is 0 Å². The summed E-state index contributed by atoms with van der Waals surface area (Å²) in [5.74, 6) is 0.0913. The highest BCUT2D eigenvalue weighted by molar-refractivity contribution is 6.30. The quantitative estimate of drug-likeness (QED) is 0.477. The Kier molecular flexibility index (Phi) is 5.13. The summed E-state index contributed by atoms with van der Waals surface area (Å²) in [4.78, 5) is 0. The molecule has 5 nitrogen and oxygen atoms in total. The Hall–Kier alpha value is -2.37. The Morgan fingerprint density at radius 2 is 1.83 bits per heavy atom. The van der Waals surface area contributed by atoms with E-state index in [1.54, 1.807) is 28.8 Å². The molecule has 0 unspecified atom stereocenters. The first-order valence-corrected chi connectivity index (χ1v) is 8.13. The smallest absolute Gasteiger partial charge is 0.220 e. The number of para-hydroxylation sites is 1. The molecule has 1 N–H and O–H groups in total. The lowest BCUT2D eigenvalue weighted by molar-refractivity contribution is 0.138. The lowest BCUT2D eigenvalue weighted by Gasteiger charge is -2.06. The maximum Gasteiger partial charge on any atom is 0.220 e. The highest BCUT2D eigenvalue weighted by Gasteiger charge is 2.16. The van der Waals surface area contributed by atoms with E-state index in [0.717, 1.165) is 10.9 Å². The zero-order valence-electron chi connectivity index (χ0n) is 13.3. The lowest BCUT2D eigenvalue weighted by atomic mass is 10.2. The number of ether oxygens (including phenoxy) is 1. The van der Waals surface area contributed by atoms with Crippen molar-refractivity contribution in [2.24, 2.45) is 10.2 Å². The molecule has 0 aliphatic rings. The van der Waals surface area contributed by atoms with Crippen LogP contribution in [-0.4, -0.2) is 22.9 Å². The van der Waals surface area contributed by atoms with E-state index in [2.05, 4.69) is 10.2 Å². The zero-order chi connectivity index (χ0) is 16.9. The topological polar surface area (TPSA) is 59.1 Å². The predicted octanol–water partition coefficient (Wildman–Crippen LogP) is 5.45. The normalized spacial score (nSPS) is 11.6. The van der Waals surface area contributed by atoms with Crippen molar-refractivity contribution >= 4 is 33.9 Å². The maximum atomic E-state index is 10.6. The summed E-state index contributed by atoms with van der Waals surface area (Å²) in [5, 5.41) is 20.5. The molecule has 0 spiro atoms. The van der Waals surface area contributed by atoms with Crippen molar-refractivity contribution in [1.29, 1.82) is 0 Å². The molecule has 2 aromatic carbocycles. The molecule has 124 valence electrons. The van der Waals surface area contributed by atoms with Crippen LogP contribution >= 0.6 is 11.6 Å². The average Bonchev–Trinajstić information content (AvgIpc) is 2.87. The van der Waals surface area contributed by atoms with Gasteiger partial charge in [0.25, 0.3) is 0 Å². The van der Waals surface area contributed by atoms with Gasteiger partial charge in [0.1, 0.15) is 0 Å². The van der Waals surface area contributed by atoms with Gasteiger partial charge < -0.3 is 14.4 Å². The molecular formula is C18H18ClN3O2. The van der Waals surface area contributed by atoms with Crippen LogP contribution in [0.1, 0.15) is 6.92 Å². The van der Waals surface area contributed by atoms with E-state index in [1.807, 2.05) is 31.2 Å². The molecule has 1 aromatic heterocycles. The van der Waals surface area contributed by atoms with Gasteiger partial charge in [-0.3, -0.25) is 0 Å². The monoisotopic (exact) mass is 343 g/mol. The summed E-state index contributed by atoms with van der Waals surface area (Å²) in [6.07, 6.45) is 0. The number of hydrogen-bond acceptors (Lipinski definition) is 4. The number of azo groups is 1. The fourth-order valence-electron chi connectivity index (χ4n) is 2.51. The summed E-state index contributed by atoms with van der Waals surface area (Å²) in [7, 11) is 0. The second-order valence-electron chi connectivity index (χ2n) is 5.21. The fourth-order valence-corrected chi connectivity index (χ4v) is 2.64. The third kappa shape index (κ3) is 3.42. The number of nitrogens with zero attached hydrogens (tertiary/aromatic N) is 3. The first-order valence-electron chi connectivity index (χ1n) is 7.76. The number of benzene rings is 2. The van der Waals surface area contributed by atoms with Crippen molar-refractivity contribution in [2.45, 2.75) is 13.5 Å². The number of fused-ring (bicyclic) bond motifs is 1. The molecule has 0 radical (unpaired) electrons. The van der Waals surface area contributed by atoms with Crippen LogP contribution in [0, 0.1) is 0 Å². The van der Waals surface area contributed by atoms with Crippen molar-refractivity contribution in [2.75, 3.05) is 13.2 Å². The van der Waals surface area contributed by atoms with E-state index in [9.17, 15) is 5.11 Å². The SMILES string of the molecule is CCOCCn1c(O)c(N=Nc2ccc(Cl)cc2)c2ccccc21. The summed E-state index contributed by atoms with van der Waals surface area (Å²) in [6.45, 7) is 3.66. The third-order valence-electron chi connectivity index (χ3n) is 3.67. The summed E-state index contributed by atoms with van der Waals surface area (Å²) in [5.41, 5.74) is 2.03. The Balaban J connectivity index is 1.97. The Morgan fingerprint density at radius 3 is 2.58 bits per heavy atom. The van der Waals surface area contributed by atoms with Gasteiger partial charge in [-0.2, -0.15) is 5.11 Å². The van der Waals surface area contributed by atoms with E-state index in [-0.39, 0.29) is 5.88 Å². The van der Waals surface area contributed by atoms with E-state index in [4.69, 9.17) is 16.3 Å². The zero-order valence-corrected chi connectivity index (χ0v) is 14.1. The molecular weight excluding hydrogens is 326 g/mol. The molecule has 1 heterocycles. The number of aromatic nitrogens is 1. The Bertz CT molecular complexity index is 857. The van der Waals surface area contributed by atoms with Gasteiger partial charge in [-0.25, -0.2) is 0 Å². The third-order valence-corrected chi connectivity index (χ3v) is 3.92. The molecule has 3 rings (SSSR count). The van der Waals surface area contributed by atoms with Crippen LogP contribution in [0.2, 0.25) is 5.02 Å². The van der Waals surface area contributed by atoms with E-state index < -0.39 is 0 Å². The van der Waals surface area contributed by atoms with E-state index >= 15 is 0 Å². The summed E-state index contributed by atoms with van der Waals surface area (Å²) in [6, 6.07) is 14.8. The average molecular weight is 344 g/mol. The summed E-state index contributed by atoms with van der Waals surface area (Å²) < 4.78 is 7.19. The Labute approximate surface area is 145 Å². The van der Waals surface area contributed by atoms with Crippen LogP contribution in [-0.2, 0) is 11.3 Å². The molecule has 0 bridgehead atoms. The minimum absolute atomic E-state index is 0.0913. The molecule has 0 aliphatic carbocycles. The molecule has 0 fully saturated rings. The molecule has 0 saturated heterocycles. The predicted molar refractivity (Wildman–Crippen MR) is 95.7 cm³/mol. The van der Waals surface area contributed by atoms with Gasteiger partial charge in [-0.05, 0) is 37.3 Å². The summed E-state index contributed by atoms with van der Waals surface area (Å²) >= 11 is 5.87. The van der Waals surface area contributed by atoms with Gasteiger partial charge in [-0.15, -0.1) is 5.11 Å². The molecule has 0 saturated carbocycles. The molecule has 3 aromatic rings. The Morgan fingerprint density at radius 1 is 1.08 bits per heavy atom. The second kappa shape index (κ2) is 7.47. The largest absolute Gasteiger partial charge is 0.493 e. The van der Waals surface area contributed by atoms with Crippen molar-refractivity contribution in [3.05, 3.63) is 53.6 Å². The number of rotatable bonds is 6. The molecule has 0 amide bonds. The van der Waals surface area contributed by atoms with E-state index in [0.29, 0.717) is 36.2 Å². The standard InChI is InChI=1S/C18H18ClN3O2/c1-2-24-12-11-22-16-6-4-3-5-15(16)17(18(22)23)21-20-14-9-7-13(19)8-10-14/h3-10,23H,2,11-12H2,1H3. The second-order valence-corrected chi connectivity index (χ2v) is 5.65. The van der Waals surface area contributed by atoms with Gasteiger partial charge in [0.05, 0.1) is 17.8 Å². The minimum atomic E-state index is 0.0913. The van der Waals surface area contributed by atoms with Crippen LogP contribution < -0.4 is 0 Å². The maximum absolute atomic E-state index is 10.6. The minimum Gasteiger partial charge on any atom is -0.493 e. The van der Waals surface area contributed by atoms with Gasteiger partial charge >= 0.3 is 0 Å². The molecule has 6 heteroatoms. The number of halogens is 1. The highest BCUT2D eigenvalue weighted by Crippen LogP contribution is 2.39. The van der Waals surface area contributed by atoms with Crippen molar-refractivity contribution in [3.8, 4) is 5.88 Å². The highest BCUT2D eigenvalue weighted by atomic mass is 35.5. The van der Waals surface area contributed by atoms with Crippen LogP contribution in [0.5, 0.6) is 5.88 Å². The fraction of sp³-hybridized carbons (Fsp3) is 0.222. The van der Waals surface area contributed by atoms with Gasteiger partial charge in [0.2, 0.25) is 5.88 Å². The molecule has 24 heavy (non-hydrogen) atoms. The van der Waals surface area contributed by atoms with Crippen LogP contribution in [0.15, 0.2) is 58.8 Å². The first kappa shape index (κ1) is 16.5. The van der Waals surface area contributed by atoms with Gasteiger partial charge in [0.15, 0.2) is 5.69 Å². The van der Waals surface area contributed by atoms with Crippen molar-refractivity contribution in [1.82, 2.24) is 4.57 Å². The van der Waals surface area contributed by atoms with Crippen LogP contribution in [0.3, 0.4) is 0 Å². The van der Waals surface area contributed by atoms with Crippen molar-refractivity contribution < 1.29 is 9.84 Å². The number of hydrogen-bond donors (Lipinski definition) is 1. The van der Waals surface area contributed by atoms with Crippen molar-refractivity contribution in [3.63, 3.8) is 0 Å². The first-order chi connectivity index (χ1) is 11.7. The van der Waals surface area contributed by atoms with Crippen LogP contribution in [0.25, 0.3) is 10.9 Å². The van der Waals surface area contributed by atoms with Crippen LogP contribution in [0.4, 0.5) is 11.4 Å². The number of aromatic hydroxyl groups is 1. The molecule has 0 aliphatic heterocycles.